The Balaban J connectivity index is 2.83. The maximum absolute atomic E-state index is 11.7. The van der Waals surface area contributed by atoms with Gasteiger partial charge in [-0.1, -0.05) is 0 Å². The Hall–Kier alpha value is -1.93. The zero-order chi connectivity index (χ0) is 18.3. The van der Waals surface area contributed by atoms with Crippen LogP contribution in [0.15, 0.2) is 12.2 Å². The molecule has 0 amide bonds. The predicted molar refractivity (Wildman–Crippen MR) is 81.7 cm³/mol. The van der Waals surface area contributed by atoms with Crippen LogP contribution in [-0.4, -0.2) is 58.6 Å². The monoisotopic (exact) mass is 344 g/mol. The smallest absolute Gasteiger partial charge is 0.330 e. The highest BCUT2D eigenvalue weighted by molar-refractivity contribution is 5.82. The first-order chi connectivity index (χ1) is 11.2. The standard InChI is InChI=1S/C16H24O8/c1-9-8-16(21)24-11(3)13(18)5-7-15(20)23-10(2)12(17)4-6-14(19)22-9/h4,6,9-13,17-18H,5,7-8H2,1-3H3/b6-4+/t9?,10-,11-,12+,13+/m0/s1. The summed E-state index contributed by atoms with van der Waals surface area (Å²) in [6.07, 6.45) is -2.67. The van der Waals surface area contributed by atoms with Gasteiger partial charge in [0.05, 0.1) is 12.5 Å². The first-order valence-corrected chi connectivity index (χ1v) is 7.83. The van der Waals surface area contributed by atoms with E-state index in [1.165, 1.54) is 20.8 Å². The molecule has 2 N–H and O–H groups in total. The summed E-state index contributed by atoms with van der Waals surface area (Å²) in [7, 11) is 0. The van der Waals surface area contributed by atoms with Crippen LogP contribution in [0.5, 0.6) is 0 Å². The second kappa shape index (κ2) is 9.39. The fourth-order valence-corrected chi connectivity index (χ4v) is 2.02. The van der Waals surface area contributed by atoms with Crippen molar-refractivity contribution in [2.75, 3.05) is 0 Å². The van der Waals surface area contributed by atoms with E-state index in [9.17, 15) is 24.6 Å². The average molecular weight is 344 g/mol. The van der Waals surface area contributed by atoms with Gasteiger partial charge in [-0.3, -0.25) is 9.59 Å². The van der Waals surface area contributed by atoms with Crippen LogP contribution in [0.1, 0.15) is 40.0 Å². The Morgan fingerprint density at radius 2 is 1.58 bits per heavy atom. The van der Waals surface area contributed by atoms with Crippen molar-refractivity contribution in [3.8, 4) is 0 Å². The van der Waals surface area contributed by atoms with Crippen molar-refractivity contribution in [3.05, 3.63) is 12.2 Å². The van der Waals surface area contributed by atoms with E-state index in [1.807, 2.05) is 0 Å². The molecule has 8 nitrogen and oxygen atoms in total. The van der Waals surface area contributed by atoms with E-state index >= 15 is 0 Å². The molecule has 0 aromatic rings. The van der Waals surface area contributed by atoms with E-state index in [2.05, 4.69) is 0 Å². The Bertz CT molecular complexity index is 486. The van der Waals surface area contributed by atoms with Crippen LogP contribution >= 0.6 is 0 Å². The van der Waals surface area contributed by atoms with Gasteiger partial charge in [0.25, 0.3) is 0 Å². The fourth-order valence-electron chi connectivity index (χ4n) is 2.02. The molecule has 24 heavy (non-hydrogen) atoms. The molecule has 0 aromatic heterocycles. The molecule has 5 atom stereocenters. The molecule has 1 rings (SSSR count). The number of aliphatic hydroxyl groups excluding tert-OH is 2. The van der Waals surface area contributed by atoms with Crippen molar-refractivity contribution < 1.29 is 38.8 Å². The van der Waals surface area contributed by atoms with Crippen molar-refractivity contribution in [2.45, 2.75) is 70.6 Å². The van der Waals surface area contributed by atoms with Crippen LogP contribution in [0, 0.1) is 0 Å². The number of hydrogen-bond donors (Lipinski definition) is 2. The second-order valence-corrected chi connectivity index (χ2v) is 5.80. The Kier molecular flexibility index (Phi) is 7.87. The Morgan fingerprint density at radius 3 is 2.25 bits per heavy atom. The number of cyclic esters (lactones) is 3. The first kappa shape index (κ1) is 20.1. The molecule has 0 aliphatic carbocycles. The lowest BCUT2D eigenvalue weighted by atomic mass is 10.1. The van der Waals surface area contributed by atoms with Gasteiger partial charge >= 0.3 is 17.9 Å². The molecule has 8 heteroatoms. The molecule has 0 saturated carbocycles. The molecule has 0 bridgehead atoms. The summed E-state index contributed by atoms with van der Waals surface area (Å²) < 4.78 is 15.0. The van der Waals surface area contributed by atoms with Crippen LogP contribution in [0.4, 0.5) is 0 Å². The topological polar surface area (TPSA) is 119 Å². The van der Waals surface area contributed by atoms with Gasteiger partial charge in [0.2, 0.25) is 0 Å². The predicted octanol–water partition coefficient (Wildman–Crippen LogP) is 0.243. The lowest BCUT2D eigenvalue weighted by Crippen LogP contribution is -2.32. The third kappa shape index (κ3) is 7.10. The van der Waals surface area contributed by atoms with Gasteiger partial charge in [-0.15, -0.1) is 0 Å². The van der Waals surface area contributed by atoms with Gasteiger partial charge in [-0.05, 0) is 33.3 Å². The third-order valence-corrected chi connectivity index (χ3v) is 3.50. The van der Waals surface area contributed by atoms with Gasteiger partial charge in [0, 0.05) is 12.5 Å². The van der Waals surface area contributed by atoms with Gasteiger partial charge in [-0.2, -0.15) is 0 Å². The van der Waals surface area contributed by atoms with Gasteiger partial charge in [0.1, 0.15) is 24.4 Å². The van der Waals surface area contributed by atoms with E-state index in [0.717, 1.165) is 12.2 Å². The zero-order valence-corrected chi connectivity index (χ0v) is 14.0. The maximum Gasteiger partial charge on any atom is 0.330 e. The first-order valence-electron chi connectivity index (χ1n) is 7.83. The van der Waals surface area contributed by atoms with E-state index in [1.54, 1.807) is 0 Å². The lowest BCUT2D eigenvalue weighted by Gasteiger charge is -2.21. The SMILES string of the molecule is CC1CC(=O)O[C@@H](C)[C@H](O)CCC(=O)O[C@@H](C)[C@H](O)/C=C/C(=O)O1. The summed E-state index contributed by atoms with van der Waals surface area (Å²) >= 11 is 0. The summed E-state index contributed by atoms with van der Waals surface area (Å²) in [5.41, 5.74) is 0. The number of carbonyl (C=O) groups is 3. The largest absolute Gasteiger partial charge is 0.460 e. The van der Waals surface area contributed by atoms with Crippen LogP contribution < -0.4 is 0 Å². The van der Waals surface area contributed by atoms with Crippen molar-refractivity contribution in [1.29, 1.82) is 0 Å². The van der Waals surface area contributed by atoms with E-state index < -0.39 is 48.4 Å². The third-order valence-electron chi connectivity index (χ3n) is 3.50. The highest BCUT2D eigenvalue weighted by Crippen LogP contribution is 2.12. The van der Waals surface area contributed by atoms with Gasteiger partial charge in [0.15, 0.2) is 0 Å². The molecule has 0 radical (unpaired) electrons. The van der Waals surface area contributed by atoms with Crippen molar-refractivity contribution >= 4 is 17.9 Å². The molecule has 1 aliphatic rings. The molecule has 0 fully saturated rings. The number of rotatable bonds is 0. The number of carbonyl (C=O) groups excluding carboxylic acids is 3. The molecule has 1 heterocycles. The number of ether oxygens (including phenoxy) is 3. The minimum absolute atomic E-state index is 0.0521. The van der Waals surface area contributed by atoms with Crippen molar-refractivity contribution in [2.24, 2.45) is 0 Å². The molecule has 0 saturated heterocycles. The Labute approximate surface area is 140 Å². The summed E-state index contributed by atoms with van der Waals surface area (Å²) in [5.74, 6) is -1.99. The molecule has 1 unspecified atom stereocenters. The normalized spacial score (nSPS) is 35.5. The van der Waals surface area contributed by atoms with Crippen LogP contribution in [0.2, 0.25) is 0 Å². The number of esters is 3. The van der Waals surface area contributed by atoms with Crippen molar-refractivity contribution in [1.82, 2.24) is 0 Å². The van der Waals surface area contributed by atoms with Crippen LogP contribution in [-0.2, 0) is 28.6 Å². The second-order valence-electron chi connectivity index (χ2n) is 5.80. The molecule has 0 aromatic carbocycles. The van der Waals surface area contributed by atoms with Gasteiger partial charge in [-0.25, -0.2) is 4.79 Å². The molecule has 1 aliphatic heterocycles. The molecular formula is C16H24O8. The quantitative estimate of drug-likeness (QED) is 0.474. The molecular weight excluding hydrogens is 320 g/mol. The average Bonchev–Trinajstić information content (AvgIpc) is 2.48. The van der Waals surface area contributed by atoms with E-state index in [0.29, 0.717) is 0 Å². The highest BCUT2D eigenvalue weighted by Gasteiger charge is 2.24. The van der Waals surface area contributed by atoms with Crippen molar-refractivity contribution in [3.63, 3.8) is 0 Å². The lowest BCUT2D eigenvalue weighted by molar-refractivity contribution is -0.159. The van der Waals surface area contributed by atoms with Crippen LogP contribution in [0.3, 0.4) is 0 Å². The van der Waals surface area contributed by atoms with E-state index in [-0.39, 0.29) is 19.3 Å². The zero-order valence-electron chi connectivity index (χ0n) is 14.0. The maximum atomic E-state index is 11.7. The fraction of sp³-hybridized carbons (Fsp3) is 0.688. The summed E-state index contributed by atoms with van der Waals surface area (Å²) in [5, 5.41) is 19.7. The Morgan fingerprint density at radius 1 is 0.958 bits per heavy atom. The number of aliphatic hydroxyl groups is 2. The summed E-state index contributed by atoms with van der Waals surface area (Å²) in [4.78, 5) is 35.0. The van der Waals surface area contributed by atoms with E-state index in [4.69, 9.17) is 14.2 Å². The highest BCUT2D eigenvalue weighted by atomic mass is 16.6. The summed E-state index contributed by atoms with van der Waals surface area (Å²) in [6.45, 7) is 4.51. The molecule has 0 spiro atoms. The minimum Gasteiger partial charge on any atom is -0.460 e. The van der Waals surface area contributed by atoms with Gasteiger partial charge < -0.3 is 24.4 Å². The molecule has 136 valence electrons. The number of hydrogen-bond acceptors (Lipinski definition) is 8. The summed E-state index contributed by atoms with van der Waals surface area (Å²) in [6, 6.07) is 0. The minimum atomic E-state index is -1.18. The van der Waals surface area contributed by atoms with Crippen LogP contribution in [0.25, 0.3) is 0 Å².